The Morgan fingerprint density at radius 1 is 1.08 bits per heavy atom. The van der Waals surface area contributed by atoms with Crippen molar-refractivity contribution in [3.63, 3.8) is 0 Å². The van der Waals surface area contributed by atoms with E-state index in [0.29, 0.717) is 5.75 Å². The molecule has 1 unspecified atom stereocenters. The lowest BCUT2D eigenvalue weighted by Gasteiger charge is -2.26. The summed E-state index contributed by atoms with van der Waals surface area (Å²) in [6, 6.07) is 15.6. The number of carbonyl (C=O) groups excluding carboxylic acids is 1. The Labute approximate surface area is 163 Å². The molecule has 4 nitrogen and oxygen atoms in total. The molecule has 1 amide bonds. The van der Waals surface area contributed by atoms with Gasteiger partial charge in [-0.3, -0.25) is 9.69 Å². The van der Waals surface area contributed by atoms with Crippen LogP contribution in [0.5, 0.6) is 5.75 Å². The highest BCUT2D eigenvalue weighted by Crippen LogP contribution is 2.18. The summed E-state index contributed by atoms with van der Waals surface area (Å²) >= 11 is 3.38. The molecule has 1 fully saturated rings. The van der Waals surface area contributed by atoms with Crippen LogP contribution in [0.4, 0.5) is 5.69 Å². The lowest BCUT2D eigenvalue weighted by atomic mass is 10.1. The van der Waals surface area contributed by atoms with E-state index in [2.05, 4.69) is 38.3 Å². The van der Waals surface area contributed by atoms with E-state index in [-0.39, 0.29) is 5.91 Å². The zero-order chi connectivity index (χ0) is 18.4. The molecule has 2 aromatic carbocycles. The van der Waals surface area contributed by atoms with Gasteiger partial charge in [0.1, 0.15) is 5.75 Å². The van der Waals surface area contributed by atoms with Crippen molar-refractivity contribution in [3.8, 4) is 5.75 Å². The number of ether oxygens (including phenoxy) is 1. The Hall–Kier alpha value is -1.85. The number of hydrogen-bond donors (Lipinski definition) is 1. The Morgan fingerprint density at radius 2 is 1.73 bits per heavy atom. The fourth-order valence-electron chi connectivity index (χ4n) is 3.08. The number of halogens is 1. The number of piperidine rings is 1. The third kappa shape index (κ3) is 5.58. The van der Waals surface area contributed by atoms with Gasteiger partial charge in [-0.25, -0.2) is 0 Å². The van der Waals surface area contributed by atoms with E-state index in [4.69, 9.17) is 4.74 Å². The van der Waals surface area contributed by atoms with Crippen molar-refractivity contribution < 1.29 is 9.53 Å². The summed E-state index contributed by atoms with van der Waals surface area (Å²) in [6.45, 7) is 5.10. The van der Waals surface area contributed by atoms with Crippen molar-refractivity contribution in [2.75, 3.05) is 18.4 Å². The van der Waals surface area contributed by atoms with Gasteiger partial charge < -0.3 is 10.1 Å². The van der Waals surface area contributed by atoms with Crippen molar-refractivity contribution in [3.05, 3.63) is 58.6 Å². The molecule has 0 radical (unpaired) electrons. The van der Waals surface area contributed by atoms with E-state index in [1.165, 1.54) is 37.9 Å². The smallest absolute Gasteiger partial charge is 0.265 e. The molecule has 1 heterocycles. The molecule has 1 aliphatic heterocycles. The third-order valence-electron chi connectivity index (χ3n) is 4.57. The number of anilines is 1. The number of rotatable bonds is 6. The molecule has 0 aliphatic carbocycles. The number of carbonyl (C=O) groups is 1. The summed E-state index contributed by atoms with van der Waals surface area (Å²) in [5.74, 6) is 0.518. The number of likely N-dealkylation sites (tertiary alicyclic amines) is 1. The van der Waals surface area contributed by atoms with Crippen LogP contribution in [-0.2, 0) is 11.3 Å². The maximum Gasteiger partial charge on any atom is 0.265 e. The van der Waals surface area contributed by atoms with Gasteiger partial charge in [0.2, 0.25) is 0 Å². The molecule has 5 heteroatoms. The van der Waals surface area contributed by atoms with Crippen LogP contribution in [-0.4, -0.2) is 30.0 Å². The minimum Gasteiger partial charge on any atom is -0.481 e. The maximum atomic E-state index is 12.3. The molecule has 0 aromatic heterocycles. The fraction of sp³-hybridized carbons (Fsp3) is 0.381. The molecule has 1 aliphatic rings. The first-order valence-electron chi connectivity index (χ1n) is 9.14. The Bertz CT molecular complexity index is 710. The highest BCUT2D eigenvalue weighted by molar-refractivity contribution is 9.10. The van der Waals surface area contributed by atoms with Gasteiger partial charge in [0.15, 0.2) is 6.10 Å². The molecule has 1 N–H and O–H groups in total. The van der Waals surface area contributed by atoms with Crippen LogP contribution in [0.1, 0.15) is 31.7 Å². The summed E-state index contributed by atoms with van der Waals surface area (Å²) in [5.41, 5.74) is 2.08. The lowest BCUT2D eigenvalue weighted by Crippen LogP contribution is -2.30. The van der Waals surface area contributed by atoms with Gasteiger partial charge in [0, 0.05) is 16.7 Å². The van der Waals surface area contributed by atoms with Gasteiger partial charge in [-0.05, 0) is 74.8 Å². The molecule has 3 rings (SSSR count). The standard InChI is InChI=1S/C21H25BrN2O2/c1-16(26-20-11-7-18(22)8-12-20)21(25)23-19-9-5-17(6-10-19)15-24-13-3-2-4-14-24/h5-12,16H,2-4,13-15H2,1H3,(H,23,25). The van der Waals surface area contributed by atoms with Gasteiger partial charge in [0.25, 0.3) is 5.91 Å². The monoisotopic (exact) mass is 416 g/mol. The number of hydrogen-bond acceptors (Lipinski definition) is 3. The molecule has 1 saturated heterocycles. The fourth-order valence-corrected chi connectivity index (χ4v) is 3.35. The summed E-state index contributed by atoms with van der Waals surface area (Å²) in [5, 5.41) is 2.92. The van der Waals surface area contributed by atoms with Gasteiger partial charge in [0.05, 0.1) is 0 Å². The number of nitrogens with zero attached hydrogens (tertiary/aromatic N) is 1. The highest BCUT2D eigenvalue weighted by Gasteiger charge is 2.15. The van der Waals surface area contributed by atoms with Crippen LogP contribution < -0.4 is 10.1 Å². The third-order valence-corrected chi connectivity index (χ3v) is 5.10. The van der Waals surface area contributed by atoms with Crippen molar-refractivity contribution in [1.82, 2.24) is 4.90 Å². The second-order valence-corrected chi connectivity index (χ2v) is 7.65. The van der Waals surface area contributed by atoms with Crippen LogP contribution in [0.3, 0.4) is 0 Å². The van der Waals surface area contributed by atoms with E-state index in [1.54, 1.807) is 6.92 Å². The topological polar surface area (TPSA) is 41.6 Å². The van der Waals surface area contributed by atoms with Crippen LogP contribution in [0.25, 0.3) is 0 Å². The first-order chi connectivity index (χ1) is 12.6. The van der Waals surface area contributed by atoms with Crippen molar-refractivity contribution in [2.24, 2.45) is 0 Å². The van der Waals surface area contributed by atoms with Gasteiger partial charge in [-0.1, -0.05) is 34.5 Å². The molecule has 0 spiro atoms. The average Bonchev–Trinajstić information content (AvgIpc) is 2.66. The van der Waals surface area contributed by atoms with Crippen molar-refractivity contribution in [2.45, 2.75) is 38.8 Å². The minimum atomic E-state index is -0.566. The maximum absolute atomic E-state index is 12.3. The van der Waals surface area contributed by atoms with E-state index in [9.17, 15) is 4.79 Å². The summed E-state index contributed by atoms with van der Waals surface area (Å²) in [7, 11) is 0. The minimum absolute atomic E-state index is 0.156. The zero-order valence-electron chi connectivity index (χ0n) is 15.1. The van der Waals surface area contributed by atoms with Crippen molar-refractivity contribution >= 4 is 27.5 Å². The van der Waals surface area contributed by atoms with Gasteiger partial charge >= 0.3 is 0 Å². The number of amides is 1. The quantitative estimate of drug-likeness (QED) is 0.731. The highest BCUT2D eigenvalue weighted by atomic mass is 79.9. The first-order valence-corrected chi connectivity index (χ1v) is 9.94. The average molecular weight is 417 g/mol. The summed E-state index contributed by atoms with van der Waals surface area (Å²) in [6.07, 6.45) is 3.38. The number of benzene rings is 2. The molecular weight excluding hydrogens is 392 g/mol. The molecule has 0 saturated carbocycles. The SMILES string of the molecule is CC(Oc1ccc(Br)cc1)C(=O)Nc1ccc(CN2CCCCC2)cc1. The largest absolute Gasteiger partial charge is 0.481 e. The molecule has 26 heavy (non-hydrogen) atoms. The van der Waals surface area contributed by atoms with Crippen LogP contribution in [0.2, 0.25) is 0 Å². The molecule has 0 bridgehead atoms. The lowest BCUT2D eigenvalue weighted by molar-refractivity contribution is -0.122. The van der Waals surface area contributed by atoms with Crippen LogP contribution >= 0.6 is 15.9 Å². The zero-order valence-corrected chi connectivity index (χ0v) is 16.7. The second kappa shape index (κ2) is 9.19. The van der Waals surface area contributed by atoms with Crippen LogP contribution in [0.15, 0.2) is 53.0 Å². The van der Waals surface area contributed by atoms with E-state index in [0.717, 1.165) is 16.7 Å². The first kappa shape index (κ1) is 18.9. The van der Waals surface area contributed by atoms with E-state index >= 15 is 0 Å². The summed E-state index contributed by atoms with van der Waals surface area (Å²) < 4.78 is 6.67. The number of nitrogens with one attached hydrogen (secondary N) is 1. The van der Waals surface area contributed by atoms with Gasteiger partial charge in [-0.15, -0.1) is 0 Å². The summed E-state index contributed by atoms with van der Waals surface area (Å²) in [4.78, 5) is 14.8. The van der Waals surface area contributed by atoms with E-state index in [1.807, 2.05) is 36.4 Å². The Balaban J connectivity index is 1.50. The van der Waals surface area contributed by atoms with Crippen LogP contribution in [0, 0.1) is 0 Å². The second-order valence-electron chi connectivity index (χ2n) is 6.74. The molecule has 2 aromatic rings. The predicted molar refractivity (Wildman–Crippen MR) is 108 cm³/mol. The Morgan fingerprint density at radius 3 is 2.38 bits per heavy atom. The normalized spacial score (nSPS) is 16.1. The Kier molecular flexibility index (Phi) is 6.69. The predicted octanol–water partition coefficient (Wildman–Crippen LogP) is 4.84. The van der Waals surface area contributed by atoms with Gasteiger partial charge in [-0.2, -0.15) is 0 Å². The molecule has 1 atom stereocenters. The molecular formula is C21H25BrN2O2. The van der Waals surface area contributed by atoms with E-state index < -0.39 is 6.10 Å². The van der Waals surface area contributed by atoms with Crippen molar-refractivity contribution in [1.29, 1.82) is 0 Å². The molecule has 138 valence electrons.